The van der Waals surface area contributed by atoms with Crippen molar-refractivity contribution in [1.82, 2.24) is 9.97 Å². The second kappa shape index (κ2) is 5.23. The first kappa shape index (κ1) is 14.2. The van der Waals surface area contributed by atoms with Gasteiger partial charge in [-0.25, -0.2) is 9.97 Å². The molecule has 112 valence electrons. The smallest absolute Gasteiger partial charge is 0.311 e. The zero-order chi connectivity index (χ0) is 15.1. The third-order valence-electron chi connectivity index (χ3n) is 4.14. The lowest BCUT2D eigenvalue weighted by Gasteiger charge is -2.27. The maximum atomic E-state index is 11.3. The maximum absolute atomic E-state index is 11.3. The Labute approximate surface area is 126 Å². The van der Waals surface area contributed by atoms with Gasteiger partial charge in [-0.05, 0) is 19.4 Å². The van der Waals surface area contributed by atoms with Crippen LogP contribution in [-0.2, 0) is 9.53 Å². The molecule has 3 heterocycles. The highest BCUT2D eigenvalue weighted by Gasteiger charge is 2.38. The zero-order valence-corrected chi connectivity index (χ0v) is 13.0. The van der Waals surface area contributed by atoms with Crippen LogP contribution in [0.4, 0.5) is 5.82 Å². The van der Waals surface area contributed by atoms with Crippen molar-refractivity contribution in [3.63, 3.8) is 0 Å². The number of rotatable bonds is 3. The third-order valence-corrected chi connectivity index (χ3v) is 5.26. The van der Waals surface area contributed by atoms with Crippen molar-refractivity contribution in [3.8, 4) is 0 Å². The van der Waals surface area contributed by atoms with E-state index < -0.39 is 11.9 Å². The van der Waals surface area contributed by atoms with Gasteiger partial charge >= 0.3 is 5.97 Å². The molecular weight excluding hydrogens is 290 g/mol. The van der Waals surface area contributed by atoms with Crippen molar-refractivity contribution in [3.05, 3.63) is 16.8 Å². The summed E-state index contributed by atoms with van der Waals surface area (Å²) in [5, 5.41) is 10.3. The van der Waals surface area contributed by atoms with Crippen LogP contribution >= 0.6 is 11.3 Å². The Bertz CT molecular complexity index is 700. The molecule has 3 rings (SSSR count). The summed E-state index contributed by atoms with van der Waals surface area (Å²) in [7, 11) is 1.88. The molecule has 2 atom stereocenters. The molecule has 0 aliphatic carbocycles. The minimum absolute atomic E-state index is 0.208. The number of fused-ring (bicyclic) bond motifs is 1. The van der Waals surface area contributed by atoms with Crippen molar-refractivity contribution in [2.75, 3.05) is 25.2 Å². The number of hydrogen-bond donors (Lipinski definition) is 1. The van der Waals surface area contributed by atoms with Crippen LogP contribution in [-0.4, -0.2) is 47.3 Å². The number of aliphatic carboxylic acids is 1. The van der Waals surface area contributed by atoms with E-state index >= 15 is 0 Å². The molecule has 1 saturated heterocycles. The number of aromatic nitrogens is 2. The van der Waals surface area contributed by atoms with Gasteiger partial charge in [0, 0.05) is 11.9 Å². The second-order valence-electron chi connectivity index (χ2n) is 5.32. The van der Waals surface area contributed by atoms with Crippen molar-refractivity contribution in [2.45, 2.75) is 19.9 Å². The number of carboxylic acids is 1. The number of likely N-dealkylation sites (N-methyl/N-ethyl adjacent to an activating group) is 1. The highest BCUT2D eigenvalue weighted by molar-refractivity contribution is 7.18. The van der Waals surface area contributed by atoms with Crippen LogP contribution in [0, 0.1) is 19.8 Å². The largest absolute Gasteiger partial charge is 0.481 e. The minimum Gasteiger partial charge on any atom is -0.481 e. The summed E-state index contributed by atoms with van der Waals surface area (Å²) in [5.74, 6) is -0.573. The van der Waals surface area contributed by atoms with Crippen molar-refractivity contribution in [2.24, 2.45) is 5.92 Å². The molecule has 0 bridgehead atoms. The summed E-state index contributed by atoms with van der Waals surface area (Å²) in [6.45, 7) is 4.76. The van der Waals surface area contributed by atoms with Gasteiger partial charge in [0.15, 0.2) is 0 Å². The van der Waals surface area contributed by atoms with E-state index in [1.807, 2.05) is 11.9 Å². The van der Waals surface area contributed by atoms with Crippen LogP contribution in [0.15, 0.2) is 6.33 Å². The molecule has 0 aromatic carbocycles. The fourth-order valence-electron chi connectivity index (χ4n) is 2.75. The average Bonchev–Trinajstić information content (AvgIpc) is 3.04. The lowest BCUT2D eigenvalue weighted by Crippen LogP contribution is -2.41. The standard InChI is InChI=1S/C14H17N3O3S/c1-7-8(2)21-13-11(7)12(15-6-16-13)17(3)10-5-20-4-9(10)14(18)19/h6,9-10H,4-5H2,1-3H3,(H,18,19). The number of carboxylic acid groups (broad SMARTS) is 1. The van der Waals surface area contributed by atoms with Crippen molar-refractivity contribution in [1.29, 1.82) is 0 Å². The SMILES string of the molecule is Cc1sc2ncnc(N(C)C3COCC3C(=O)O)c2c1C. The first-order chi connectivity index (χ1) is 10.0. The van der Waals surface area contributed by atoms with Crippen LogP contribution in [0.3, 0.4) is 0 Å². The van der Waals surface area contributed by atoms with Gasteiger partial charge in [-0.15, -0.1) is 11.3 Å². The first-order valence-corrected chi connectivity index (χ1v) is 7.56. The maximum Gasteiger partial charge on any atom is 0.311 e. The van der Waals surface area contributed by atoms with Gasteiger partial charge in [-0.1, -0.05) is 0 Å². The Kier molecular flexibility index (Phi) is 3.54. The highest BCUT2D eigenvalue weighted by Crippen LogP contribution is 2.35. The molecule has 0 saturated carbocycles. The minimum atomic E-state index is -0.826. The summed E-state index contributed by atoms with van der Waals surface area (Å²) in [5.41, 5.74) is 1.16. The van der Waals surface area contributed by atoms with Gasteiger partial charge in [-0.3, -0.25) is 4.79 Å². The number of hydrogen-bond acceptors (Lipinski definition) is 6. The number of ether oxygens (including phenoxy) is 1. The summed E-state index contributed by atoms with van der Waals surface area (Å²) < 4.78 is 5.36. The molecule has 6 nitrogen and oxygen atoms in total. The van der Waals surface area contributed by atoms with E-state index in [0.717, 1.165) is 21.6 Å². The van der Waals surface area contributed by atoms with Gasteiger partial charge in [0.1, 0.15) is 22.9 Å². The summed E-state index contributed by atoms with van der Waals surface area (Å²) >= 11 is 1.63. The molecule has 2 aromatic rings. The molecule has 1 N–H and O–H groups in total. The van der Waals surface area contributed by atoms with E-state index in [1.165, 1.54) is 11.2 Å². The van der Waals surface area contributed by atoms with Gasteiger partial charge in [0.2, 0.25) is 0 Å². The number of thiophene rings is 1. The Morgan fingerprint density at radius 1 is 1.43 bits per heavy atom. The van der Waals surface area contributed by atoms with Crippen LogP contribution in [0.25, 0.3) is 10.2 Å². The molecule has 1 aliphatic heterocycles. The number of anilines is 1. The quantitative estimate of drug-likeness (QED) is 0.932. The molecule has 21 heavy (non-hydrogen) atoms. The number of carbonyl (C=O) groups is 1. The lowest BCUT2D eigenvalue weighted by molar-refractivity contribution is -0.141. The molecule has 1 fully saturated rings. The van der Waals surface area contributed by atoms with Crippen molar-refractivity contribution < 1.29 is 14.6 Å². The normalized spacial score (nSPS) is 21.9. The monoisotopic (exact) mass is 307 g/mol. The fourth-order valence-corrected chi connectivity index (χ4v) is 3.74. The van der Waals surface area contributed by atoms with E-state index in [1.54, 1.807) is 11.3 Å². The average molecular weight is 307 g/mol. The zero-order valence-electron chi connectivity index (χ0n) is 12.2. The molecule has 2 unspecified atom stereocenters. The molecule has 7 heteroatoms. The molecule has 0 spiro atoms. The van der Waals surface area contributed by atoms with E-state index in [4.69, 9.17) is 4.74 Å². The van der Waals surface area contributed by atoms with Gasteiger partial charge in [0.05, 0.1) is 24.6 Å². The summed E-state index contributed by atoms with van der Waals surface area (Å²) in [4.78, 5) is 24.1. The molecule has 1 aliphatic rings. The lowest BCUT2D eigenvalue weighted by atomic mass is 10.0. The summed E-state index contributed by atoms with van der Waals surface area (Å²) in [6, 6.07) is -0.208. The Morgan fingerprint density at radius 3 is 2.90 bits per heavy atom. The van der Waals surface area contributed by atoms with Gasteiger partial charge in [-0.2, -0.15) is 0 Å². The Hall–Kier alpha value is -1.73. The fraction of sp³-hybridized carbons (Fsp3) is 0.500. The second-order valence-corrected chi connectivity index (χ2v) is 6.52. The predicted molar refractivity (Wildman–Crippen MR) is 81.0 cm³/mol. The molecular formula is C14H17N3O3S. The number of nitrogens with zero attached hydrogens (tertiary/aromatic N) is 3. The van der Waals surface area contributed by atoms with E-state index in [9.17, 15) is 9.90 Å². The molecule has 0 amide bonds. The van der Waals surface area contributed by atoms with Gasteiger partial charge in [0.25, 0.3) is 0 Å². The van der Waals surface area contributed by atoms with Gasteiger partial charge < -0.3 is 14.7 Å². The van der Waals surface area contributed by atoms with E-state index in [2.05, 4.69) is 23.8 Å². The van der Waals surface area contributed by atoms with Crippen molar-refractivity contribution >= 4 is 33.3 Å². The number of aryl methyl sites for hydroxylation is 2. The highest BCUT2D eigenvalue weighted by atomic mass is 32.1. The topological polar surface area (TPSA) is 75.5 Å². The van der Waals surface area contributed by atoms with E-state index in [0.29, 0.717) is 6.61 Å². The molecule has 0 radical (unpaired) electrons. The third kappa shape index (κ3) is 2.26. The van der Waals surface area contributed by atoms with Crippen LogP contribution in [0.2, 0.25) is 0 Å². The summed E-state index contributed by atoms with van der Waals surface area (Å²) in [6.07, 6.45) is 1.54. The van der Waals surface area contributed by atoms with Crippen LogP contribution in [0.1, 0.15) is 10.4 Å². The van der Waals surface area contributed by atoms with Crippen LogP contribution in [0.5, 0.6) is 0 Å². The van der Waals surface area contributed by atoms with Crippen LogP contribution < -0.4 is 4.90 Å². The molecule has 2 aromatic heterocycles. The first-order valence-electron chi connectivity index (χ1n) is 6.74. The Balaban J connectivity index is 2.05. The Morgan fingerprint density at radius 2 is 2.19 bits per heavy atom. The predicted octanol–water partition coefficient (Wildman–Crippen LogP) is 1.84. The van der Waals surface area contributed by atoms with E-state index in [-0.39, 0.29) is 12.6 Å².